The molecule has 0 aliphatic heterocycles. The fourth-order valence-corrected chi connectivity index (χ4v) is 1.34. The molecule has 0 aliphatic carbocycles. The molecule has 0 bridgehead atoms. The quantitative estimate of drug-likeness (QED) is 0.775. The lowest BCUT2D eigenvalue weighted by Gasteiger charge is -1.99. The Bertz CT molecular complexity index is 393. The first-order chi connectivity index (χ1) is 7.27. The van der Waals surface area contributed by atoms with Crippen LogP contribution < -0.4 is 0 Å². The Hall–Kier alpha value is -1.27. The van der Waals surface area contributed by atoms with Crippen molar-refractivity contribution < 1.29 is 4.39 Å². The van der Waals surface area contributed by atoms with Crippen LogP contribution in [-0.4, -0.2) is 5.75 Å². The molecular weight excluding hydrogens is 209 g/mol. The van der Waals surface area contributed by atoms with E-state index in [0.717, 1.165) is 17.7 Å². The third-order valence-corrected chi connectivity index (χ3v) is 2.21. The third-order valence-electron chi connectivity index (χ3n) is 1.95. The number of hydrogen-bond donors (Lipinski definition) is 1. The highest BCUT2D eigenvalue weighted by Crippen LogP contribution is 2.12. The molecule has 0 fully saturated rings. The minimum absolute atomic E-state index is 0.118. The zero-order chi connectivity index (χ0) is 11.1. The lowest BCUT2D eigenvalue weighted by Crippen LogP contribution is -1.88. The van der Waals surface area contributed by atoms with Crippen molar-refractivity contribution in [1.29, 1.82) is 5.26 Å². The van der Waals surface area contributed by atoms with E-state index in [-0.39, 0.29) is 12.2 Å². The highest BCUT2D eigenvalue weighted by atomic mass is 32.1. The summed E-state index contributed by atoms with van der Waals surface area (Å²) in [5.41, 5.74) is 1.26. The fourth-order valence-electron chi connectivity index (χ4n) is 1.19. The molecule has 0 radical (unpaired) electrons. The van der Waals surface area contributed by atoms with Crippen LogP contribution in [-0.2, 0) is 6.42 Å². The van der Waals surface area contributed by atoms with Crippen molar-refractivity contribution in [2.75, 3.05) is 5.75 Å². The van der Waals surface area contributed by atoms with Crippen molar-refractivity contribution in [2.45, 2.75) is 12.8 Å². The highest BCUT2D eigenvalue weighted by molar-refractivity contribution is 7.80. The first kappa shape index (κ1) is 11.8. The van der Waals surface area contributed by atoms with Crippen molar-refractivity contribution in [3.8, 4) is 6.07 Å². The number of nitrogens with zero attached hydrogens (tertiary/aromatic N) is 1. The van der Waals surface area contributed by atoms with Crippen LogP contribution >= 0.6 is 12.6 Å². The molecule has 15 heavy (non-hydrogen) atoms. The third kappa shape index (κ3) is 3.77. The van der Waals surface area contributed by atoms with Gasteiger partial charge in [-0.25, -0.2) is 4.39 Å². The number of halogens is 1. The van der Waals surface area contributed by atoms with Gasteiger partial charge >= 0.3 is 0 Å². The summed E-state index contributed by atoms with van der Waals surface area (Å²) in [4.78, 5) is 0. The van der Waals surface area contributed by atoms with Crippen LogP contribution in [0.3, 0.4) is 0 Å². The van der Waals surface area contributed by atoms with Crippen LogP contribution in [0, 0.1) is 17.1 Å². The zero-order valence-corrected chi connectivity index (χ0v) is 9.17. The van der Waals surface area contributed by atoms with E-state index in [1.165, 1.54) is 6.07 Å². The van der Waals surface area contributed by atoms with E-state index in [9.17, 15) is 4.39 Å². The van der Waals surface area contributed by atoms with Gasteiger partial charge < -0.3 is 0 Å². The number of benzene rings is 1. The molecule has 3 heteroatoms. The molecule has 0 amide bonds. The lowest BCUT2D eigenvalue weighted by atomic mass is 10.1. The SMILES string of the molecule is N#CCc1ccc(C=CCCS)cc1F. The Labute approximate surface area is 94.6 Å². The average molecular weight is 221 g/mol. The van der Waals surface area contributed by atoms with E-state index in [2.05, 4.69) is 12.6 Å². The van der Waals surface area contributed by atoms with Gasteiger partial charge in [0.1, 0.15) is 5.82 Å². The first-order valence-electron chi connectivity index (χ1n) is 4.70. The van der Waals surface area contributed by atoms with Gasteiger partial charge in [-0.15, -0.1) is 0 Å². The molecule has 0 aromatic heterocycles. The first-order valence-corrected chi connectivity index (χ1v) is 5.34. The normalized spacial score (nSPS) is 10.5. The molecule has 78 valence electrons. The Morgan fingerprint density at radius 1 is 1.47 bits per heavy atom. The van der Waals surface area contributed by atoms with Crippen molar-refractivity contribution in [3.63, 3.8) is 0 Å². The van der Waals surface area contributed by atoms with E-state index in [4.69, 9.17) is 5.26 Å². The zero-order valence-electron chi connectivity index (χ0n) is 8.28. The highest BCUT2D eigenvalue weighted by Gasteiger charge is 2.00. The topological polar surface area (TPSA) is 23.8 Å². The van der Waals surface area contributed by atoms with Crippen LogP contribution in [0.1, 0.15) is 17.5 Å². The van der Waals surface area contributed by atoms with Crippen LogP contribution in [0.5, 0.6) is 0 Å². The van der Waals surface area contributed by atoms with E-state index in [0.29, 0.717) is 5.56 Å². The smallest absolute Gasteiger partial charge is 0.128 e. The minimum Gasteiger partial charge on any atom is -0.207 e. The Morgan fingerprint density at radius 3 is 2.87 bits per heavy atom. The van der Waals surface area contributed by atoms with E-state index in [1.807, 2.05) is 24.3 Å². The van der Waals surface area contributed by atoms with E-state index in [1.54, 1.807) is 6.07 Å². The van der Waals surface area contributed by atoms with Gasteiger partial charge in [0.15, 0.2) is 0 Å². The lowest BCUT2D eigenvalue weighted by molar-refractivity contribution is 0.615. The maximum atomic E-state index is 13.3. The summed E-state index contributed by atoms with van der Waals surface area (Å²) >= 11 is 4.07. The predicted molar refractivity (Wildman–Crippen MR) is 63.2 cm³/mol. The second-order valence-electron chi connectivity index (χ2n) is 3.10. The molecular formula is C12H12FNS. The Morgan fingerprint density at radius 2 is 2.27 bits per heavy atom. The number of allylic oxidation sites excluding steroid dienone is 1. The van der Waals surface area contributed by atoms with Gasteiger partial charge in [0.05, 0.1) is 12.5 Å². The number of hydrogen-bond acceptors (Lipinski definition) is 2. The van der Waals surface area contributed by atoms with Crippen molar-refractivity contribution in [3.05, 3.63) is 41.2 Å². The molecule has 1 rings (SSSR count). The molecule has 1 nitrogen and oxygen atoms in total. The van der Waals surface area contributed by atoms with Gasteiger partial charge in [0.25, 0.3) is 0 Å². The summed E-state index contributed by atoms with van der Waals surface area (Å²) in [5, 5.41) is 8.45. The number of nitriles is 1. The van der Waals surface area contributed by atoms with Crippen molar-refractivity contribution >= 4 is 18.7 Å². The summed E-state index contributed by atoms with van der Waals surface area (Å²) in [6.45, 7) is 0. The van der Waals surface area contributed by atoms with Gasteiger partial charge in [-0.2, -0.15) is 17.9 Å². The summed E-state index contributed by atoms with van der Waals surface area (Å²) in [6.07, 6.45) is 4.79. The van der Waals surface area contributed by atoms with Gasteiger partial charge in [-0.3, -0.25) is 0 Å². The van der Waals surface area contributed by atoms with Gasteiger partial charge in [-0.1, -0.05) is 24.3 Å². The second kappa shape index (κ2) is 6.26. The standard InChI is InChI=1S/C12H12FNS/c13-12-9-10(3-1-2-8-15)4-5-11(12)6-7-14/h1,3-5,9,15H,2,6,8H2. The van der Waals surface area contributed by atoms with E-state index >= 15 is 0 Å². The molecule has 1 aromatic rings. The second-order valence-corrected chi connectivity index (χ2v) is 3.55. The minimum atomic E-state index is -0.315. The summed E-state index contributed by atoms with van der Waals surface area (Å²) in [6, 6.07) is 6.84. The maximum Gasteiger partial charge on any atom is 0.128 e. The molecule has 0 atom stereocenters. The number of thiol groups is 1. The fraction of sp³-hybridized carbons (Fsp3) is 0.250. The van der Waals surface area contributed by atoms with Gasteiger partial charge in [0.2, 0.25) is 0 Å². The van der Waals surface area contributed by atoms with E-state index < -0.39 is 0 Å². The van der Waals surface area contributed by atoms with Gasteiger partial charge in [-0.05, 0) is 23.8 Å². The molecule has 0 unspecified atom stereocenters. The molecule has 0 saturated carbocycles. The van der Waals surface area contributed by atoms with Crippen LogP contribution in [0.15, 0.2) is 24.3 Å². The molecule has 0 aliphatic rings. The molecule has 0 spiro atoms. The van der Waals surface area contributed by atoms with Crippen LogP contribution in [0.4, 0.5) is 4.39 Å². The number of rotatable bonds is 4. The maximum absolute atomic E-state index is 13.3. The monoisotopic (exact) mass is 221 g/mol. The predicted octanol–water partition coefficient (Wildman–Crippen LogP) is 3.22. The average Bonchev–Trinajstić information content (AvgIpc) is 2.23. The summed E-state index contributed by atoms with van der Waals surface area (Å²) in [5.74, 6) is 0.468. The molecule has 1 aromatic carbocycles. The van der Waals surface area contributed by atoms with Crippen molar-refractivity contribution in [2.24, 2.45) is 0 Å². The molecule has 0 saturated heterocycles. The van der Waals surface area contributed by atoms with Crippen LogP contribution in [0.25, 0.3) is 6.08 Å². The molecule has 0 N–H and O–H groups in total. The summed E-state index contributed by atoms with van der Waals surface area (Å²) in [7, 11) is 0. The largest absolute Gasteiger partial charge is 0.207 e. The Balaban J connectivity index is 2.78. The van der Waals surface area contributed by atoms with Gasteiger partial charge in [0, 0.05) is 5.56 Å². The molecule has 0 heterocycles. The Kier molecular flexibility index (Phi) is 4.92. The van der Waals surface area contributed by atoms with Crippen molar-refractivity contribution in [1.82, 2.24) is 0 Å². The van der Waals surface area contributed by atoms with Crippen LogP contribution in [0.2, 0.25) is 0 Å². The summed E-state index contributed by atoms with van der Waals surface area (Å²) < 4.78 is 13.3.